The standard InChI is InChI=1S/C16H17NO5S3/c1-4-8-17-15(18)14(24-16(17)23)10-11-6-7-12(22-25(3,19)20)13(9-11)21-5-2/h4,6-7,9-10H,1,5,8H2,2-3H3. The molecule has 1 fully saturated rings. The van der Waals surface area contributed by atoms with Crippen LogP contribution in [0.2, 0.25) is 0 Å². The van der Waals surface area contributed by atoms with Gasteiger partial charge in [-0.05, 0) is 30.7 Å². The summed E-state index contributed by atoms with van der Waals surface area (Å²) in [5.41, 5.74) is 0.670. The lowest BCUT2D eigenvalue weighted by Crippen LogP contribution is -2.27. The van der Waals surface area contributed by atoms with E-state index in [-0.39, 0.29) is 17.4 Å². The largest absolute Gasteiger partial charge is 0.490 e. The Kier molecular flexibility index (Phi) is 6.26. The Hall–Kier alpha value is -1.84. The number of nitrogens with zero attached hydrogens (tertiary/aromatic N) is 1. The van der Waals surface area contributed by atoms with E-state index >= 15 is 0 Å². The molecule has 0 saturated carbocycles. The van der Waals surface area contributed by atoms with Crippen molar-refractivity contribution in [2.24, 2.45) is 0 Å². The fourth-order valence-corrected chi connectivity index (χ4v) is 3.79. The SMILES string of the molecule is C=CCN1C(=O)C(=Cc2ccc(OS(C)(=O)=O)c(OCC)c2)SC1=S. The Balaban J connectivity index is 2.34. The minimum atomic E-state index is -3.67. The van der Waals surface area contributed by atoms with Crippen LogP contribution in [0.15, 0.2) is 35.8 Å². The van der Waals surface area contributed by atoms with E-state index in [1.807, 2.05) is 0 Å². The molecule has 0 aliphatic carbocycles. The van der Waals surface area contributed by atoms with E-state index < -0.39 is 10.1 Å². The average Bonchev–Trinajstić information content (AvgIpc) is 2.77. The maximum atomic E-state index is 12.3. The number of hydrogen-bond acceptors (Lipinski definition) is 7. The zero-order valence-electron chi connectivity index (χ0n) is 13.7. The minimum absolute atomic E-state index is 0.0979. The van der Waals surface area contributed by atoms with Crippen molar-refractivity contribution in [2.75, 3.05) is 19.4 Å². The lowest BCUT2D eigenvalue weighted by atomic mass is 10.2. The van der Waals surface area contributed by atoms with E-state index in [1.165, 1.54) is 22.7 Å². The number of amides is 1. The average molecular weight is 400 g/mol. The van der Waals surface area contributed by atoms with Gasteiger partial charge in [0.1, 0.15) is 4.32 Å². The Labute approximate surface area is 156 Å². The van der Waals surface area contributed by atoms with Crippen molar-refractivity contribution in [1.82, 2.24) is 4.90 Å². The van der Waals surface area contributed by atoms with Crippen LogP contribution in [-0.4, -0.2) is 43.0 Å². The van der Waals surface area contributed by atoms with E-state index in [9.17, 15) is 13.2 Å². The Morgan fingerprint density at radius 3 is 2.68 bits per heavy atom. The molecule has 1 aliphatic rings. The van der Waals surface area contributed by atoms with Crippen molar-refractivity contribution < 1.29 is 22.1 Å². The summed E-state index contributed by atoms with van der Waals surface area (Å²) >= 11 is 6.40. The van der Waals surface area contributed by atoms with Crippen LogP contribution < -0.4 is 8.92 Å². The highest BCUT2D eigenvalue weighted by atomic mass is 32.2. The monoisotopic (exact) mass is 399 g/mol. The van der Waals surface area contributed by atoms with Crippen molar-refractivity contribution in [3.05, 3.63) is 41.3 Å². The van der Waals surface area contributed by atoms with E-state index in [2.05, 4.69) is 6.58 Å². The van der Waals surface area contributed by atoms with E-state index in [4.69, 9.17) is 21.1 Å². The van der Waals surface area contributed by atoms with Crippen LogP contribution in [0.25, 0.3) is 6.08 Å². The Morgan fingerprint density at radius 2 is 2.08 bits per heavy atom. The molecule has 0 N–H and O–H groups in total. The molecule has 1 heterocycles. The smallest absolute Gasteiger partial charge is 0.306 e. The number of ether oxygens (including phenoxy) is 1. The molecule has 1 aromatic carbocycles. The summed E-state index contributed by atoms with van der Waals surface area (Å²) in [6, 6.07) is 4.75. The van der Waals surface area contributed by atoms with Gasteiger partial charge in [0.15, 0.2) is 11.5 Å². The van der Waals surface area contributed by atoms with E-state index in [0.29, 0.717) is 27.9 Å². The maximum absolute atomic E-state index is 12.3. The van der Waals surface area contributed by atoms with Crippen LogP contribution in [0, 0.1) is 0 Å². The van der Waals surface area contributed by atoms with Crippen LogP contribution in [0.5, 0.6) is 11.5 Å². The molecular weight excluding hydrogens is 382 g/mol. The summed E-state index contributed by atoms with van der Waals surface area (Å²) in [5.74, 6) is 0.188. The molecule has 2 rings (SSSR count). The first kappa shape index (κ1) is 19.5. The molecule has 1 saturated heterocycles. The summed E-state index contributed by atoms with van der Waals surface area (Å²) in [6.45, 7) is 6.08. The number of thioether (sulfide) groups is 1. The maximum Gasteiger partial charge on any atom is 0.306 e. The molecule has 1 amide bonds. The second-order valence-corrected chi connectivity index (χ2v) is 8.26. The summed E-state index contributed by atoms with van der Waals surface area (Å²) in [6.07, 6.45) is 4.24. The summed E-state index contributed by atoms with van der Waals surface area (Å²) in [7, 11) is -3.67. The van der Waals surface area contributed by atoms with Crippen LogP contribution >= 0.6 is 24.0 Å². The van der Waals surface area contributed by atoms with Gasteiger partial charge in [0.05, 0.1) is 17.8 Å². The van der Waals surface area contributed by atoms with Crippen molar-refractivity contribution >= 4 is 50.4 Å². The highest BCUT2D eigenvalue weighted by molar-refractivity contribution is 8.26. The number of hydrogen-bond donors (Lipinski definition) is 0. The lowest BCUT2D eigenvalue weighted by molar-refractivity contribution is -0.121. The fourth-order valence-electron chi connectivity index (χ4n) is 2.05. The van der Waals surface area contributed by atoms with Crippen molar-refractivity contribution in [1.29, 1.82) is 0 Å². The first-order valence-electron chi connectivity index (χ1n) is 7.27. The predicted octanol–water partition coefficient (Wildman–Crippen LogP) is 2.81. The van der Waals surface area contributed by atoms with E-state index in [0.717, 1.165) is 6.26 Å². The zero-order chi connectivity index (χ0) is 18.6. The predicted molar refractivity (Wildman–Crippen MR) is 103 cm³/mol. The molecule has 134 valence electrons. The van der Waals surface area contributed by atoms with Gasteiger partial charge in [-0.3, -0.25) is 9.69 Å². The minimum Gasteiger partial charge on any atom is -0.490 e. The first-order valence-corrected chi connectivity index (χ1v) is 10.3. The third kappa shape index (κ3) is 5.07. The van der Waals surface area contributed by atoms with Gasteiger partial charge in [0.2, 0.25) is 0 Å². The molecular formula is C16H17NO5S3. The Bertz CT molecular complexity index is 845. The molecule has 6 nitrogen and oxygen atoms in total. The highest BCUT2D eigenvalue weighted by Gasteiger charge is 2.31. The second kappa shape index (κ2) is 8.03. The van der Waals surface area contributed by atoms with Crippen molar-refractivity contribution in [3.63, 3.8) is 0 Å². The highest BCUT2D eigenvalue weighted by Crippen LogP contribution is 2.35. The van der Waals surface area contributed by atoms with Crippen molar-refractivity contribution in [2.45, 2.75) is 6.92 Å². The summed E-state index contributed by atoms with van der Waals surface area (Å²) in [5, 5.41) is 0. The van der Waals surface area contributed by atoms with Crippen LogP contribution in [-0.2, 0) is 14.9 Å². The molecule has 9 heteroatoms. The molecule has 1 aliphatic heterocycles. The number of carbonyl (C=O) groups excluding carboxylic acids is 1. The normalized spacial score (nSPS) is 16.4. The zero-order valence-corrected chi connectivity index (χ0v) is 16.2. The van der Waals surface area contributed by atoms with Gasteiger partial charge >= 0.3 is 10.1 Å². The van der Waals surface area contributed by atoms with Crippen LogP contribution in [0.1, 0.15) is 12.5 Å². The van der Waals surface area contributed by atoms with Gasteiger partial charge in [-0.1, -0.05) is 36.1 Å². The van der Waals surface area contributed by atoms with Gasteiger partial charge in [0, 0.05) is 6.54 Å². The first-order chi connectivity index (χ1) is 11.7. The molecule has 0 aromatic heterocycles. The number of thiocarbonyl (C=S) groups is 1. The topological polar surface area (TPSA) is 72.9 Å². The van der Waals surface area contributed by atoms with E-state index in [1.54, 1.807) is 31.2 Å². The molecule has 0 radical (unpaired) electrons. The summed E-state index contributed by atoms with van der Waals surface area (Å²) < 4.78 is 33.5. The van der Waals surface area contributed by atoms with Crippen LogP contribution in [0.4, 0.5) is 0 Å². The number of rotatable bonds is 7. The molecule has 25 heavy (non-hydrogen) atoms. The summed E-state index contributed by atoms with van der Waals surface area (Å²) in [4.78, 5) is 14.3. The molecule has 1 aromatic rings. The Morgan fingerprint density at radius 1 is 1.36 bits per heavy atom. The van der Waals surface area contributed by atoms with Gasteiger partial charge in [-0.2, -0.15) is 8.42 Å². The van der Waals surface area contributed by atoms with Gasteiger partial charge in [-0.25, -0.2) is 0 Å². The molecule has 0 bridgehead atoms. The van der Waals surface area contributed by atoms with Gasteiger partial charge in [0.25, 0.3) is 5.91 Å². The quantitative estimate of drug-likeness (QED) is 0.302. The van der Waals surface area contributed by atoms with Gasteiger partial charge in [-0.15, -0.1) is 6.58 Å². The third-order valence-corrected chi connectivity index (χ3v) is 4.85. The lowest BCUT2D eigenvalue weighted by Gasteiger charge is -2.11. The van der Waals surface area contributed by atoms with Crippen LogP contribution in [0.3, 0.4) is 0 Å². The fraction of sp³-hybridized carbons (Fsp3) is 0.250. The molecule has 0 atom stereocenters. The molecule has 0 unspecified atom stereocenters. The third-order valence-electron chi connectivity index (χ3n) is 2.99. The number of benzene rings is 1. The van der Waals surface area contributed by atoms with Gasteiger partial charge < -0.3 is 8.92 Å². The number of carbonyl (C=O) groups is 1. The molecule has 0 spiro atoms. The van der Waals surface area contributed by atoms with Crippen molar-refractivity contribution in [3.8, 4) is 11.5 Å². The second-order valence-electron chi connectivity index (χ2n) is 5.01.